The Kier molecular flexibility index (Phi) is 5.37. The third-order valence-electron chi connectivity index (χ3n) is 4.98. The van der Waals surface area contributed by atoms with Crippen LogP contribution in [0.5, 0.6) is 0 Å². The topological polar surface area (TPSA) is 53.1 Å². The first-order valence-corrected chi connectivity index (χ1v) is 9.98. The van der Waals surface area contributed by atoms with Crippen molar-refractivity contribution in [2.24, 2.45) is 0 Å². The molecule has 2 heterocycles. The molecular weight excluding hydrogens is 387 g/mol. The van der Waals surface area contributed by atoms with Crippen molar-refractivity contribution in [2.75, 3.05) is 29.5 Å². The maximum atomic E-state index is 13.2. The molecule has 1 aliphatic heterocycles. The monoisotopic (exact) mass is 409 g/mol. The highest BCUT2D eigenvalue weighted by Gasteiger charge is 2.36. The normalized spacial score (nSPS) is 17.3. The molecule has 5 nitrogen and oxygen atoms in total. The number of rotatable bonds is 6. The second-order valence-electron chi connectivity index (χ2n) is 7.23. The van der Waals surface area contributed by atoms with Crippen LogP contribution < -0.4 is 10.6 Å². The van der Waals surface area contributed by atoms with E-state index in [2.05, 4.69) is 44.2 Å². The number of thiol groups is 1. The van der Waals surface area contributed by atoms with Gasteiger partial charge >= 0.3 is 6.18 Å². The number of halogens is 3. The Balaban J connectivity index is 1.55. The summed E-state index contributed by atoms with van der Waals surface area (Å²) < 4.78 is 39.6. The van der Waals surface area contributed by atoms with E-state index in [4.69, 9.17) is 0 Å². The largest absolute Gasteiger partial charge is 0.421 e. The quantitative estimate of drug-likeness (QED) is 0.627. The summed E-state index contributed by atoms with van der Waals surface area (Å²) in [4.78, 5) is 10.3. The second kappa shape index (κ2) is 7.79. The lowest BCUT2D eigenvalue weighted by Crippen LogP contribution is -2.32. The maximum Gasteiger partial charge on any atom is 0.421 e. The second-order valence-corrected chi connectivity index (χ2v) is 7.68. The van der Waals surface area contributed by atoms with E-state index in [0.717, 1.165) is 56.5 Å². The molecular formula is C19H22F3N5S. The van der Waals surface area contributed by atoms with Gasteiger partial charge in [-0.15, -0.1) is 0 Å². The minimum atomic E-state index is -4.49. The summed E-state index contributed by atoms with van der Waals surface area (Å²) in [6.45, 7) is 2.78. The lowest BCUT2D eigenvalue weighted by atomic mass is 9.99. The molecule has 0 amide bonds. The minimum Gasteiger partial charge on any atom is -0.367 e. The van der Waals surface area contributed by atoms with E-state index in [-0.39, 0.29) is 17.8 Å². The highest BCUT2D eigenvalue weighted by Crippen LogP contribution is 2.36. The molecule has 0 spiro atoms. The van der Waals surface area contributed by atoms with Crippen molar-refractivity contribution in [3.05, 3.63) is 41.1 Å². The molecule has 1 saturated carbocycles. The van der Waals surface area contributed by atoms with E-state index in [1.807, 2.05) is 12.1 Å². The number of anilines is 3. The first-order chi connectivity index (χ1) is 13.4. The van der Waals surface area contributed by atoms with Crippen LogP contribution in [-0.4, -0.2) is 39.8 Å². The lowest BCUT2D eigenvalue weighted by Gasteiger charge is -2.28. The van der Waals surface area contributed by atoms with Gasteiger partial charge in [-0.05, 0) is 42.5 Å². The van der Waals surface area contributed by atoms with Crippen LogP contribution in [0, 0.1) is 0 Å². The molecule has 1 aromatic carbocycles. The Morgan fingerprint density at radius 3 is 2.75 bits per heavy atom. The van der Waals surface area contributed by atoms with Crippen LogP contribution >= 0.6 is 12.6 Å². The van der Waals surface area contributed by atoms with Crippen molar-refractivity contribution in [3.8, 4) is 0 Å². The van der Waals surface area contributed by atoms with Crippen LogP contribution in [-0.2, 0) is 19.1 Å². The zero-order chi connectivity index (χ0) is 19.7. The van der Waals surface area contributed by atoms with E-state index in [9.17, 15) is 13.2 Å². The molecule has 0 unspecified atom stereocenters. The van der Waals surface area contributed by atoms with Crippen molar-refractivity contribution in [3.63, 3.8) is 0 Å². The highest BCUT2D eigenvalue weighted by molar-refractivity contribution is 7.80. The zero-order valence-electron chi connectivity index (χ0n) is 15.3. The van der Waals surface area contributed by atoms with Crippen molar-refractivity contribution in [2.45, 2.75) is 38.0 Å². The number of alkyl halides is 3. The summed E-state index contributed by atoms with van der Waals surface area (Å²) in [7, 11) is 0. The molecule has 9 heteroatoms. The van der Waals surface area contributed by atoms with Gasteiger partial charge in [0, 0.05) is 43.3 Å². The number of nitrogens with one attached hydrogen (secondary N) is 2. The molecule has 0 atom stereocenters. The van der Waals surface area contributed by atoms with Crippen LogP contribution in [0.3, 0.4) is 0 Å². The zero-order valence-corrected chi connectivity index (χ0v) is 16.2. The summed E-state index contributed by atoms with van der Waals surface area (Å²) in [6.07, 6.45) is -0.949. The molecule has 2 aliphatic rings. The number of hydrogen-bond acceptors (Lipinski definition) is 6. The summed E-state index contributed by atoms with van der Waals surface area (Å²) in [5.41, 5.74) is 2.44. The fraction of sp³-hybridized carbons (Fsp3) is 0.474. The average Bonchev–Trinajstić information content (AvgIpc) is 3.45. The van der Waals surface area contributed by atoms with Gasteiger partial charge < -0.3 is 10.6 Å². The number of hydrogen-bond donors (Lipinski definition) is 3. The molecule has 1 aliphatic carbocycles. The first-order valence-electron chi connectivity index (χ1n) is 9.35. The van der Waals surface area contributed by atoms with Gasteiger partial charge in [-0.1, -0.05) is 6.07 Å². The standard InChI is InChI=1S/C19H22F3N5S/c20-19(21,22)16-10-23-18(26-17(16)24-14-3-4-14)25-15-2-1-12-5-6-27(7-8-28)11-13(12)9-15/h1-2,9-10,14,28H,3-8,11H2,(H2,23,24,25,26). The minimum absolute atomic E-state index is 0.0606. The predicted octanol–water partition coefficient (Wildman–Crippen LogP) is 4.10. The Bertz CT molecular complexity index is 854. The van der Waals surface area contributed by atoms with Gasteiger partial charge in [-0.25, -0.2) is 4.98 Å². The van der Waals surface area contributed by atoms with Crippen LogP contribution in [0.1, 0.15) is 29.5 Å². The summed E-state index contributed by atoms with van der Waals surface area (Å²) in [5, 5.41) is 5.91. The van der Waals surface area contributed by atoms with Crippen LogP contribution in [0.2, 0.25) is 0 Å². The molecule has 4 rings (SSSR count). The number of aromatic nitrogens is 2. The first kappa shape index (κ1) is 19.3. The molecule has 0 saturated heterocycles. The Morgan fingerprint density at radius 1 is 1.21 bits per heavy atom. The highest BCUT2D eigenvalue weighted by atomic mass is 32.1. The summed E-state index contributed by atoms with van der Waals surface area (Å²) in [5.74, 6) is 0.799. The molecule has 1 aromatic heterocycles. The van der Waals surface area contributed by atoms with Gasteiger partial charge in [-0.3, -0.25) is 4.90 Å². The third kappa shape index (κ3) is 4.52. The smallest absolute Gasteiger partial charge is 0.367 e. The number of fused-ring (bicyclic) bond motifs is 1. The molecule has 2 N–H and O–H groups in total. The van der Waals surface area contributed by atoms with Gasteiger partial charge in [0.1, 0.15) is 11.4 Å². The molecule has 0 bridgehead atoms. The van der Waals surface area contributed by atoms with Gasteiger partial charge in [0.25, 0.3) is 0 Å². The Hall–Kier alpha value is -2.00. The van der Waals surface area contributed by atoms with Crippen molar-refractivity contribution in [1.29, 1.82) is 0 Å². The van der Waals surface area contributed by atoms with Crippen molar-refractivity contribution < 1.29 is 13.2 Å². The van der Waals surface area contributed by atoms with Crippen LogP contribution in [0.25, 0.3) is 0 Å². The maximum absolute atomic E-state index is 13.2. The molecule has 28 heavy (non-hydrogen) atoms. The third-order valence-corrected chi connectivity index (χ3v) is 5.18. The van der Waals surface area contributed by atoms with E-state index >= 15 is 0 Å². The van der Waals surface area contributed by atoms with E-state index in [0.29, 0.717) is 0 Å². The van der Waals surface area contributed by atoms with E-state index in [1.54, 1.807) is 0 Å². The van der Waals surface area contributed by atoms with Gasteiger partial charge in [0.2, 0.25) is 5.95 Å². The molecule has 1 fully saturated rings. The van der Waals surface area contributed by atoms with E-state index < -0.39 is 11.7 Å². The van der Waals surface area contributed by atoms with Gasteiger partial charge in [-0.2, -0.15) is 30.8 Å². The molecule has 2 aromatic rings. The molecule has 150 valence electrons. The van der Waals surface area contributed by atoms with Crippen molar-refractivity contribution in [1.82, 2.24) is 14.9 Å². The molecule has 0 radical (unpaired) electrons. The predicted molar refractivity (Wildman–Crippen MR) is 106 cm³/mol. The average molecular weight is 409 g/mol. The van der Waals surface area contributed by atoms with Gasteiger partial charge in [0.05, 0.1) is 0 Å². The van der Waals surface area contributed by atoms with Gasteiger partial charge in [0.15, 0.2) is 0 Å². The van der Waals surface area contributed by atoms with E-state index in [1.165, 1.54) is 11.1 Å². The number of nitrogens with zero attached hydrogens (tertiary/aromatic N) is 3. The summed E-state index contributed by atoms with van der Waals surface area (Å²) in [6, 6.07) is 6.06. The summed E-state index contributed by atoms with van der Waals surface area (Å²) >= 11 is 4.30. The fourth-order valence-corrected chi connectivity index (χ4v) is 3.62. The lowest BCUT2D eigenvalue weighted by molar-refractivity contribution is -0.137. The fourth-order valence-electron chi connectivity index (χ4n) is 3.34. The Morgan fingerprint density at radius 2 is 2.04 bits per heavy atom. The van der Waals surface area contributed by atoms with Crippen LogP contribution in [0.15, 0.2) is 24.4 Å². The van der Waals surface area contributed by atoms with Crippen LogP contribution in [0.4, 0.5) is 30.6 Å². The SMILES string of the molecule is FC(F)(F)c1cnc(Nc2ccc3c(c2)CN(CCS)CC3)nc1NC1CC1. The van der Waals surface area contributed by atoms with Crippen molar-refractivity contribution >= 4 is 30.1 Å². The number of benzene rings is 1. The Labute approximate surface area is 167 Å².